The number of piperazine rings is 1. The third-order valence-electron chi connectivity index (χ3n) is 4.82. The van der Waals surface area contributed by atoms with Gasteiger partial charge in [0.1, 0.15) is 38.5 Å². The molecule has 2 aromatic rings. The highest BCUT2D eigenvalue weighted by molar-refractivity contribution is 6.33. The number of rotatable bonds is 5. The molecule has 1 fully saturated rings. The number of benzene rings is 2. The maximum absolute atomic E-state index is 13.1. The van der Waals surface area contributed by atoms with Gasteiger partial charge >= 0.3 is 0 Å². The van der Waals surface area contributed by atoms with Gasteiger partial charge in [-0.2, -0.15) is 0 Å². The Labute approximate surface area is 158 Å². The average Bonchev–Trinajstić information content (AvgIpc) is 2.59. The van der Waals surface area contributed by atoms with Crippen LogP contribution in [0.4, 0.5) is 10.1 Å². The molecule has 1 saturated heterocycles. The molecule has 0 spiro atoms. The van der Waals surface area contributed by atoms with Gasteiger partial charge in [0, 0.05) is 5.56 Å². The van der Waals surface area contributed by atoms with Gasteiger partial charge in [-0.05, 0) is 25.1 Å². The Balaban J connectivity index is 1.45. The zero-order valence-corrected chi connectivity index (χ0v) is 15.7. The normalized spacial score (nSPS) is 20.0. The van der Waals surface area contributed by atoms with Crippen LogP contribution in [0, 0.1) is 12.7 Å². The monoisotopic (exact) mass is 377 g/mol. The third-order valence-corrected chi connectivity index (χ3v) is 5.13. The minimum Gasteiger partial charge on any atom is -0.322 e. The maximum atomic E-state index is 13.1. The Bertz CT molecular complexity index is 775. The Morgan fingerprint density at radius 2 is 1.85 bits per heavy atom. The summed E-state index contributed by atoms with van der Waals surface area (Å²) in [5.41, 5.74) is 3.12. The molecule has 0 aromatic heterocycles. The van der Waals surface area contributed by atoms with Gasteiger partial charge in [0.05, 0.1) is 10.7 Å². The van der Waals surface area contributed by atoms with Crippen LogP contribution in [0.3, 0.4) is 0 Å². The van der Waals surface area contributed by atoms with Gasteiger partial charge in [-0.25, -0.2) is 4.39 Å². The second kappa shape index (κ2) is 8.62. The number of carbonyl (C=O) groups excluding carboxylic acids is 1. The molecule has 0 atom stereocenters. The van der Waals surface area contributed by atoms with E-state index in [-0.39, 0.29) is 10.9 Å². The van der Waals surface area contributed by atoms with Gasteiger partial charge in [0.25, 0.3) is 5.91 Å². The van der Waals surface area contributed by atoms with E-state index in [4.69, 9.17) is 11.6 Å². The third kappa shape index (κ3) is 5.27. The van der Waals surface area contributed by atoms with Crippen LogP contribution < -0.4 is 15.1 Å². The van der Waals surface area contributed by atoms with E-state index in [0.717, 1.165) is 32.7 Å². The number of anilines is 1. The van der Waals surface area contributed by atoms with Gasteiger partial charge in [-0.1, -0.05) is 41.4 Å². The zero-order valence-electron chi connectivity index (χ0n) is 14.9. The second-order valence-corrected chi connectivity index (χ2v) is 7.42. The van der Waals surface area contributed by atoms with Crippen molar-refractivity contribution in [1.29, 1.82) is 0 Å². The van der Waals surface area contributed by atoms with Crippen molar-refractivity contribution in [3.05, 3.63) is 64.4 Å². The summed E-state index contributed by atoms with van der Waals surface area (Å²) in [5.74, 6) is -0.498. The first-order chi connectivity index (χ1) is 12.5. The minimum atomic E-state index is -0.411. The molecule has 26 heavy (non-hydrogen) atoms. The van der Waals surface area contributed by atoms with Crippen LogP contribution in [0.15, 0.2) is 42.5 Å². The summed E-state index contributed by atoms with van der Waals surface area (Å²) < 4.78 is 13.1. The Kier molecular flexibility index (Phi) is 6.25. The molecule has 6 heteroatoms. The van der Waals surface area contributed by atoms with Crippen molar-refractivity contribution < 1.29 is 19.0 Å². The predicted molar refractivity (Wildman–Crippen MR) is 101 cm³/mol. The number of aryl methyl sites for hydroxylation is 1. The number of hydrogen-bond donors (Lipinski definition) is 3. The lowest BCUT2D eigenvalue weighted by Crippen LogP contribution is -3.28. The van der Waals surface area contributed by atoms with Crippen LogP contribution in [-0.4, -0.2) is 38.6 Å². The molecule has 4 nitrogen and oxygen atoms in total. The minimum absolute atomic E-state index is 0.0874. The molecule has 1 amide bonds. The van der Waals surface area contributed by atoms with Gasteiger partial charge < -0.3 is 15.1 Å². The standard InChI is InChI=1S/C20H23ClFN3O/c1-15-3-2-4-16(11-15)13-24-7-9-25(10-8-24)14-20(26)23-19-6-5-17(22)12-18(19)21/h2-6,11-12H,7-10,13-14H2,1H3,(H,23,26)/p+2. The van der Waals surface area contributed by atoms with Gasteiger partial charge in [0.15, 0.2) is 6.54 Å². The van der Waals surface area contributed by atoms with E-state index < -0.39 is 5.82 Å². The Hall–Kier alpha value is -1.95. The summed E-state index contributed by atoms with van der Waals surface area (Å²) in [6.45, 7) is 7.59. The van der Waals surface area contributed by atoms with Crippen LogP contribution in [0.5, 0.6) is 0 Å². The van der Waals surface area contributed by atoms with E-state index >= 15 is 0 Å². The molecule has 0 unspecified atom stereocenters. The average molecular weight is 378 g/mol. The van der Waals surface area contributed by atoms with E-state index in [9.17, 15) is 9.18 Å². The molecule has 0 saturated carbocycles. The highest BCUT2D eigenvalue weighted by atomic mass is 35.5. The fourth-order valence-electron chi connectivity index (χ4n) is 3.43. The summed E-state index contributed by atoms with van der Waals surface area (Å²) in [7, 11) is 0. The summed E-state index contributed by atoms with van der Waals surface area (Å²) >= 11 is 5.96. The van der Waals surface area contributed by atoms with Gasteiger partial charge in [-0.15, -0.1) is 0 Å². The van der Waals surface area contributed by atoms with Gasteiger partial charge in [0.2, 0.25) is 0 Å². The number of nitrogens with one attached hydrogen (secondary N) is 3. The zero-order chi connectivity index (χ0) is 18.5. The largest absolute Gasteiger partial charge is 0.322 e. The fraction of sp³-hybridized carbons (Fsp3) is 0.350. The number of halogens is 2. The van der Waals surface area contributed by atoms with E-state index in [2.05, 4.69) is 36.5 Å². The van der Waals surface area contributed by atoms with E-state index in [0.29, 0.717) is 12.2 Å². The molecule has 3 rings (SSSR count). The van der Waals surface area contributed by atoms with Crippen molar-refractivity contribution in [2.24, 2.45) is 0 Å². The van der Waals surface area contributed by atoms with Crippen molar-refractivity contribution in [3.63, 3.8) is 0 Å². The van der Waals surface area contributed by atoms with Crippen LogP contribution in [-0.2, 0) is 11.3 Å². The fourth-order valence-corrected chi connectivity index (χ4v) is 3.65. The molecule has 1 aliphatic heterocycles. The van der Waals surface area contributed by atoms with E-state index in [1.807, 2.05) is 0 Å². The van der Waals surface area contributed by atoms with Crippen LogP contribution >= 0.6 is 11.6 Å². The molecule has 138 valence electrons. The van der Waals surface area contributed by atoms with Gasteiger partial charge in [-0.3, -0.25) is 4.79 Å². The lowest BCUT2D eigenvalue weighted by atomic mass is 10.1. The molecule has 3 N–H and O–H groups in total. The Morgan fingerprint density at radius 3 is 2.54 bits per heavy atom. The number of carbonyl (C=O) groups is 1. The lowest BCUT2D eigenvalue weighted by Gasteiger charge is -2.29. The maximum Gasteiger partial charge on any atom is 0.279 e. The molecule has 1 heterocycles. The lowest BCUT2D eigenvalue weighted by molar-refractivity contribution is -1.02. The van der Waals surface area contributed by atoms with Crippen molar-refractivity contribution >= 4 is 23.2 Å². The number of amides is 1. The molecular formula is C20H25ClFN3O+2. The first kappa shape index (κ1) is 18.8. The predicted octanol–water partition coefficient (Wildman–Crippen LogP) is 0.710. The van der Waals surface area contributed by atoms with Crippen molar-refractivity contribution in [2.45, 2.75) is 13.5 Å². The van der Waals surface area contributed by atoms with Crippen LogP contribution in [0.2, 0.25) is 5.02 Å². The molecule has 0 bridgehead atoms. The second-order valence-electron chi connectivity index (χ2n) is 7.01. The summed E-state index contributed by atoms with van der Waals surface area (Å²) in [4.78, 5) is 15.1. The van der Waals surface area contributed by atoms with Crippen molar-refractivity contribution in [3.8, 4) is 0 Å². The summed E-state index contributed by atoms with van der Waals surface area (Å²) in [6.07, 6.45) is 0. The topological polar surface area (TPSA) is 38.0 Å². The first-order valence-electron chi connectivity index (χ1n) is 8.97. The first-order valence-corrected chi connectivity index (χ1v) is 9.35. The smallest absolute Gasteiger partial charge is 0.279 e. The highest BCUT2D eigenvalue weighted by Gasteiger charge is 2.25. The van der Waals surface area contributed by atoms with E-state index in [1.54, 1.807) is 4.90 Å². The number of quaternary nitrogens is 2. The highest BCUT2D eigenvalue weighted by Crippen LogP contribution is 2.21. The summed E-state index contributed by atoms with van der Waals surface area (Å²) in [6, 6.07) is 12.6. The van der Waals surface area contributed by atoms with E-state index in [1.165, 1.54) is 34.2 Å². The van der Waals surface area contributed by atoms with Crippen LogP contribution in [0.1, 0.15) is 11.1 Å². The molecule has 0 radical (unpaired) electrons. The molecule has 0 aliphatic carbocycles. The Morgan fingerprint density at radius 1 is 1.12 bits per heavy atom. The SMILES string of the molecule is Cc1cccc(C[NH+]2CC[NH+](CC(=O)Nc3ccc(F)cc3Cl)CC2)c1. The summed E-state index contributed by atoms with van der Waals surface area (Å²) in [5, 5.41) is 3.00. The quantitative estimate of drug-likeness (QED) is 0.705. The number of hydrogen-bond acceptors (Lipinski definition) is 1. The van der Waals surface area contributed by atoms with Crippen LogP contribution in [0.25, 0.3) is 0 Å². The molecule has 2 aromatic carbocycles. The van der Waals surface area contributed by atoms with Crippen molar-refractivity contribution in [2.75, 3.05) is 38.0 Å². The molecule has 1 aliphatic rings. The van der Waals surface area contributed by atoms with Crippen molar-refractivity contribution in [1.82, 2.24) is 0 Å². The molecular weight excluding hydrogens is 353 g/mol.